The second kappa shape index (κ2) is 11.7. The highest BCUT2D eigenvalue weighted by Gasteiger charge is 2.50. The minimum Gasteiger partial charge on any atom is -0.356 e. The zero-order valence-electron chi connectivity index (χ0n) is 24.0. The monoisotopic (exact) mass is 559 g/mol. The summed E-state index contributed by atoms with van der Waals surface area (Å²) >= 11 is 0. The summed E-state index contributed by atoms with van der Waals surface area (Å²) < 4.78 is 22.3. The van der Waals surface area contributed by atoms with Gasteiger partial charge in [-0.25, -0.2) is 14.4 Å². The van der Waals surface area contributed by atoms with Gasteiger partial charge in [0.1, 0.15) is 12.0 Å². The van der Waals surface area contributed by atoms with E-state index in [2.05, 4.69) is 41.6 Å². The van der Waals surface area contributed by atoms with Gasteiger partial charge in [0.25, 0.3) is 0 Å². The van der Waals surface area contributed by atoms with Crippen molar-refractivity contribution >= 4 is 17.5 Å². The number of piperazine rings is 1. The number of likely N-dealkylation sites (N-methyl/N-ethyl adjacent to an activating group) is 1. The van der Waals surface area contributed by atoms with Crippen molar-refractivity contribution in [2.24, 2.45) is 15.4 Å². The van der Waals surface area contributed by atoms with Crippen molar-refractivity contribution in [3.05, 3.63) is 54.0 Å². The fourth-order valence-electron chi connectivity index (χ4n) is 7.47. The molecule has 0 bridgehead atoms. The number of nitrogens with zero attached hydrogens (tertiary/aromatic N) is 6. The zero-order chi connectivity index (χ0) is 28.6. The van der Waals surface area contributed by atoms with E-state index in [4.69, 9.17) is 14.7 Å². The number of likely N-dealkylation sites (tertiary alicyclic amines) is 1. The Balaban J connectivity index is 1.26. The predicted molar refractivity (Wildman–Crippen MR) is 156 cm³/mol. The Hall–Kier alpha value is -3.09. The molecule has 6 rings (SSSR count). The third-order valence-electron chi connectivity index (χ3n) is 9.91. The van der Waals surface area contributed by atoms with Crippen LogP contribution in [0.4, 0.5) is 4.39 Å². The van der Waals surface area contributed by atoms with Crippen LogP contribution in [-0.2, 0) is 22.4 Å². The normalized spacial score (nSPS) is 32.1. The molecule has 41 heavy (non-hydrogen) atoms. The van der Waals surface area contributed by atoms with E-state index < -0.39 is 17.9 Å². The summed E-state index contributed by atoms with van der Waals surface area (Å²) in [5.41, 5.74) is 2.79. The molecule has 9 heteroatoms. The van der Waals surface area contributed by atoms with Crippen LogP contribution in [0.1, 0.15) is 49.7 Å². The first-order chi connectivity index (χ1) is 19.9. The molecule has 5 atom stereocenters. The molecule has 1 amide bonds. The number of carbonyl (C=O) groups is 1. The maximum Gasteiger partial charge on any atom is 0.247 e. The number of nitriles is 1. The molecule has 1 aromatic carbocycles. The quantitative estimate of drug-likeness (QED) is 0.514. The fraction of sp³-hybridized carbons (Fsp3) is 0.594. The van der Waals surface area contributed by atoms with Gasteiger partial charge >= 0.3 is 0 Å². The molecule has 217 valence electrons. The van der Waals surface area contributed by atoms with E-state index in [1.54, 1.807) is 4.90 Å². The summed E-state index contributed by atoms with van der Waals surface area (Å²) in [6.45, 7) is 6.84. The van der Waals surface area contributed by atoms with Crippen molar-refractivity contribution in [2.75, 3.05) is 39.8 Å². The van der Waals surface area contributed by atoms with Gasteiger partial charge in [-0.05, 0) is 69.3 Å². The van der Waals surface area contributed by atoms with E-state index in [0.29, 0.717) is 58.0 Å². The average molecular weight is 560 g/mol. The van der Waals surface area contributed by atoms with E-state index in [1.165, 1.54) is 11.6 Å². The molecule has 8 nitrogen and oxygen atoms in total. The Morgan fingerprint density at radius 2 is 2.05 bits per heavy atom. The van der Waals surface area contributed by atoms with Crippen molar-refractivity contribution in [1.82, 2.24) is 14.7 Å². The number of halogens is 1. The number of alkyl halides is 1. The second-order valence-corrected chi connectivity index (χ2v) is 12.3. The minimum atomic E-state index is -0.927. The highest BCUT2D eigenvalue weighted by molar-refractivity contribution is 6.21. The van der Waals surface area contributed by atoms with Crippen molar-refractivity contribution < 1.29 is 13.9 Å². The minimum absolute atomic E-state index is 0.154. The van der Waals surface area contributed by atoms with Gasteiger partial charge < -0.3 is 19.4 Å². The summed E-state index contributed by atoms with van der Waals surface area (Å²) in [4.78, 5) is 28.8. The molecule has 1 radical (unpaired) electrons. The molecule has 1 spiro atoms. The van der Waals surface area contributed by atoms with Gasteiger partial charge in [0.2, 0.25) is 12.3 Å². The number of hydrogen-bond donors (Lipinski definition) is 0. The van der Waals surface area contributed by atoms with E-state index in [0.717, 1.165) is 48.8 Å². The molecule has 1 aromatic rings. The first-order valence-corrected chi connectivity index (χ1v) is 15.0. The molecular formula is C32H40FN6O2. The number of benzene rings is 1. The molecule has 3 heterocycles. The van der Waals surface area contributed by atoms with Crippen molar-refractivity contribution in [1.29, 1.82) is 5.26 Å². The van der Waals surface area contributed by atoms with Crippen LogP contribution in [0, 0.1) is 22.7 Å². The SMILES string of the molecule is C=CC(=O)N1CCN(C2=NC(OCC3CCCN3C)N=C3CC4(CC[C]32)Cc2ccccc2CC4F)CC1CC#N. The first kappa shape index (κ1) is 28.0. The number of amidine groups is 1. The van der Waals surface area contributed by atoms with E-state index >= 15 is 4.39 Å². The zero-order valence-corrected chi connectivity index (χ0v) is 24.0. The third-order valence-corrected chi connectivity index (χ3v) is 9.91. The molecule has 5 aliphatic rings. The lowest BCUT2D eigenvalue weighted by Crippen LogP contribution is -2.59. The Morgan fingerprint density at radius 1 is 1.22 bits per heavy atom. The summed E-state index contributed by atoms with van der Waals surface area (Å²) in [6, 6.07) is 10.6. The summed E-state index contributed by atoms with van der Waals surface area (Å²) in [7, 11) is 2.13. The van der Waals surface area contributed by atoms with Crippen LogP contribution in [0.2, 0.25) is 0 Å². The number of carbonyl (C=O) groups excluding carboxylic acids is 1. The molecule has 5 unspecified atom stereocenters. The lowest BCUT2D eigenvalue weighted by atomic mass is 9.60. The van der Waals surface area contributed by atoms with Crippen LogP contribution in [-0.4, -0.2) is 96.6 Å². The maximum atomic E-state index is 16.0. The fourth-order valence-corrected chi connectivity index (χ4v) is 7.47. The average Bonchev–Trinajstić information content (AvgIpc) is 3.40. The Labute approximate surface area is 242 Å². The van der Waals surface area contributed by atoms with Gasteiger partial charge in [-0.1, -0.05) is 30.8 Å². The number of hydrogen-bond acceptors (Lipinski definition) is 7. The Morgan fingerprint density at radius 3 is 2.80 bits per heavy atom. The van der Waals surface area contributed by atoms with Gasteiger partial charge in [0.15, 0.2) is 0 Å². The molecule has 1 saturated carbocycles. The molecule has 0 N–H and O–H groups in total. The van der Waals surface area contributed by atoms with E-state index in [-0.39, 0.29) is 18.4 Å². The van der Waals surface area contributed by atoms with E-state index in [1.807, 2.05) is 12.1 Å². The Bertz CT molecular complexity index is 1270. The van der Waals surface area contributed by atoms with Crippen LogP contribution in [0.25, 0.3) is 0 Å². The first-order valence-electron chi connectivity index (χ1n) is 15.0. The lowest BCUT2D eigenvalue weighted by molar-refractivity contribution is -0.130. The second-order valence-electron chi connectivity index (χ2n) is 12.3. The van der Waals surface area contributed by atoms with Gasteiger partial charge in [0.05, 0.1) is 31.1 Å². The largest absolute Gasteiger partial charge is 0.356 e. The molecule has 3 fully saturated rings. The summed E-state index contributed by atoms with van der Waals surface area (Å²) in [5, 5.41) is 9.50. The summed E-state index contributed by atoms with van der Waals surface area (Å²) in [6.07, 6.45) is 5.37. The number of aliphatic imine (C=N–C) groups is 2. The molecule has 0 aromatic heterocycles. The van der Waals surface area contributed by atoms with Gasteiger partial charge in [-0.15, -0.1) is 0 Å². The van der Waals surface area contributed by atoms with Crippen LogP contribution in [0.3, 0.4) is 0 Å². The molecule has 3 aliphatic heterocycles. The van der Waals surface area contributed by atoms with Crippen molar-refractivity contribution in [3.8, 4) is 6.07 Å². The summed E-state index contributed by atoms with van der Waals surface area (Å²) in [5.74, 6) is 1.76. The highest BCUT2D eigenvalue weighted by atomic mass is 19.1. The van der Waals surface area contributed by atoms with Crippen LogP contribution in [0.5, 0.6) is 0 Å². The number of amides is 1. The number of rotatable bonds is 5. The van der Waals surface area contributed by atoms with Crippen LogP contribution < -0.4 is 0 Å². The van der Waals surface area contributed by atoms with Crippen LogP contribution >= 0.6 is 0 Å². The third kappa shape index (κ3) is 5.44. The molecule has 2 aliphatic carbocycles. The number of fused-ring (bicyclic) bond motifs is 2. The Kier molecular flexibility index (Phi) is 7.97. The molecular weight excluding hydrogens is 519 g/mol. The highest BCUT2D eigenvalue weighted by Crippen LogP contribution is 2.50. The van der Waals surface area contributed by atoms with Crippen molar-refractivity contribution in [3.63, 3.8) is 0 Å². The number of ether oxygens (including phenoxy) is 1. The smallest absolute Gasteiger partial charge is 0.247 e. The van der Waals surface area contributed by atoms with E-state index in [9.17, 15) is 10.1 Å². The van der Waals surface area contributed by atoms with Gasteiger partial charge in [0, 0.05) is 43.2 Å². The van der Waals surface area contributed by atoms with Gasteiger partial charge in [-0.3, -0.25) is 4.79 Å². The van der Waals surface area contributed by atoms with Crippen molar-refractivity contribution in [2.45, 2.75) is 76.0 Å². The van der Waals surface area contributed by atoms with Crippen LogP contribution in [0.15, 0.2) is 46.9 Å². The topological polar surface area (TPSA) is 84.5 Å². The predicted octanol–water partition coefficient (Wildman–Crippen LogP) is 3.73. The molecule has 2 saturated heterocycles. The van der Waals surface area contributed by atoms with Gasteiger partial charge in [-0.2, -0.15) is 5.26 Å². The maximum absolute atomic E-state index is 16.0. The standard InChI is InChI=1S/C32H40FN6O2/c1-3-29(40)39-16-15-38(20-24(39)11-13-34)30-26-10-12-32(18-23-8-5-4-7-22(23)17-28(32)33)19-27(26)35-31(36-30)41-21-25-9-6-14-37(25)2/h3-5,7-8,24-25,28,31H,1,6,9-12,14-21H2,2H3. The lowest BCUT2D eigenvalue weighted by Gasteiger charge is -2.49.